The van der Waals surface area contributed by atoms with Gasteiger partial charge >= 0.3 is 5.82 Å². The van der Waals surface area contributed by atoms with E-state index in [1.807, 2.05) is 12.1 Å². The summed E-state index contributed by atoms with van der Waals surface area (Å²) in [7, 11) is 0. The third-order valence-corrected chi connectivity index (χ3v) is 3.91. The van der Waals surface area contributed by atoms with E-state index in [0.717, 1.165) is 17.0 Å². The number of amides is 1. The van der Waals surface area contributed by atoms with Crippen LogP contribution >= 0.6 is 0 Å². The highest BCUT2D eigenvalue weighted by atomic mass is 16.1. The molecule has 2 aromatic rings. The average Bonchev–Trinajstić information content (AvgIpc) is 3.06. The number of amidine groups is 1. The van der Waals surface area contributed by atoms with Gasteiger partial charge in [-0.05, 0) is 35.3 Å². The Morgan fingerprint density at radius 1 is 1.19 bits per heavy atom. The average molecular weight is 348 g/mol. The van der Waals surface area contributed by atoms with E-state index in [1.54, 1.807) is 41.4 Å². The minimum Gasteiger partial charge on any atom is -0.366 e. The van der Waals surface area contributed by atoms with Crippen LogP contribution in [0.15, 0.2) is 64.9 Å². The van der Waals surface area contributed by atoms with Gasteiger partial charge in [-0.1, -0.05) is 6.07 Å². The van der Waals surface area contributed by atoms with Crippen molar-refractivity contribution in [1.82, 2.24) is 4.90 Å². The molecule has 0 bridgehead atoms. The highest BCUT2D eigenvalue weighted by Crippen LogP contribution is 2.21. The van der Waals surface area contributed by atoms with Crippen LogP contribution in [0, 0.1) is 11.5 Å². The number of primary amides is 1. The predicted octanol–water partition coefficient (Wildman–Crippen LogP) is 0.751. The molecule has 0 saturated heterocycles. The number of carbonyl (C=O) groups excluding carboxylic acids is 1. The number of hydrogen-bond acceptors (Lipinski definition) is 5. The molecule has 1 aromatic carbocycles. The first-order valence-corrected chi connectivity index (χ1v) is 7.91. The number of pyridine rings is 1. The maximum Gasteiger partial charge on any atom is 0.323 e. The number of aliphatic imine (C=N–C) groups is 1. The van der Waals surface area contributed by atoms with Gasteiger partial charge in [-0.25, -0.2) is 4.98 Å². The van der Waals surface area contributed by atoms with Crippen molar-refractivity contribution >= 4 is 23.2 Å². The molecule has 1 amide bonds. The van der Waals surface area contributed by atoms with Gasteiger partial charge in [-0.15, -0.1) is 0 Å². The van der Waals surface area contributed by atoms with Gasteiger partial charge in [-0.3, -0.25) is 9.69 Å². The number of hydrogen-bond donors (Lipinski definition) is 3. The lowest BCUT2D eigenvalue weighted by atomic mass is 10.1. The van der Waals surface area contributed by atoms with Gasteiger partial charge in [0.1, 0.15) is 0 Å². The minimum atomic E-state index is -0.483. The number of aromatic nitrogens is 1. The van der Waals surface area contributed by atoms with Crippen LogP contribution < -0.4 is 21.8 Å². The van der Waals surface area contributed by atoms with E-state index < -0.39 is 5.91 Å². The fourth-order valence-corrected chi connectivity index (χ4v) is 2.59. The molecule has 1 aliphatic heterocycles. The Labute approximate surface area is 150 Å². The summed E-state index contributed by atoms with van der Waals surface area (Å²) in [6.07, 6.45) is 3.88. The number of aromatic amines is 1. The standard InChI is InChI=1S/C18H17N7O/c19-11-25-9-14(17(20)24-16-3-1-2-8-22-16)15(10-25)23-13-6-4-12(5-7-13)18(21)26/h1-8,23H,9-10H2,(H2,21,26)(H2,20,22,24)/p+1. The monoisotopic (exact) mass is 348 g/mol. The number of H-pyrrole nitrogens is 1. The van der Waals surface area contributed by atoms with Crippen LogP contribution in [0.1, 0.15) is 10.4 Å². The molecule has 1 aromatic heterocycles. The molecule has 2 heterocycles. The lowest BCUT2D eigenvalue weighted by molar-refractivity contribution is -0.362. The molecular formula is C18H18N7O+. The van der Waals surface area contributed by atoms with Gasteiger partial charge in [-0.2, -0.15) is 5.26 Å². The predicted molar refractivity (Wildman–Crippen MR) is 97.1 cm³/mol. The van der Waals surface area contributed by atoms with Crippen LogP contribution in [0.5, 0.6) is 0 Å². The van der Waals surface area contributed by atoms with E-state index >= 15 is 0 Å². The summed E-state index contributed by atoms with van der Waals surface area (Å²) in [4.78, 5) is 20.1. The van der Waals surface area contributed by atoms with Crippen LogP contribution in [-0.4, -0.2) is 29.7 Å². The Morgan fingerprint density at radius 3 is 2.58 bits per heavy atom. The maximum absolute atomic E-state index is 11.2. The van der Waals surface area contributed by atoms with Crippen molar-refractivity contribution in [2.45, 2.75) is 0 Å². The third kappa shape index (κ3) is 3.79. The molecule has 26 heavy (non-hydrogen) atoms. The summed E-state index contributed by atoms with van der Waals surface area (Å²) >= 11 is 0. The third-order valence-electron chi connectivity index (χ3n) is 3.91. The zero-order valence-electron chi connectivity index (χ0n) is 13.9. The Hall–Kier alpha value is -3.86. The van der Waals surface area contributed by atoms with E-state index in [9.17, 15) is 10.1 Å². The number of nitrogens with one attached hydrogen (secondary N) is 2. The molecule has 0 spiro atoms. The molecule has 3 rings (SSSR count). The second kappa shape index (κ2) is 7.36. The van der Waals surface area contributed by atoms with Crippen molar-refractivity contribution in [2.24, 2.45) is 16.5 Å². The molecule has 0 radical (unpaired) electrons. The van der Waals surface area contributed by atoms with E-state index in [1.165, 1.54) is 0 Å². The van der Waals surface area contributed by atoms with Crippen LogP contribution in [0.2, 0.25) is 0 Å². The summed E-state index contributed by atoms with van der Waals surface area (Å²) < 4.78 is 0. The molecule has 8 nitrogen and oxygen atoms in total. The number of rotatable bonds is 5. The smallest absolute Gasteiger partial charge is 0.323 e. The van der Waals surface area contributed by atoms with E-state index in [0.29, 0.717) is 30.3 Å². The molecule has 0 fully saturated rings. The topological polar surface area (TPSA) is 135 Å². The number of benzene rings is 1. The first-order chi connectivity index (χ1) is 12.6. The fourth-order valence-electron chi connectivity index (χ4n) is 2.59. The van der Waals surface area contributed by atoms with Gasteiger partial charge in [0.15, 0.2) is 6.19 Å². The highest BCUT2D eigenvalue weighted by molar-refractivity contribution is 6.00. The van der Waals surface area contributed by atoms with Crippen LogP contribution in [-0.2, 0) is 0 Å². The van der Waals surface area contributed by atoms with Crippen molar-refractivity contribution < 1.29 is 9.78 Å². The van der Waals surface area contributed by atoms with Crippen molar-refractivity contribution in [3.8, 4) is 6.19 Å². The van der Waals surface area contributed by atoms with E-state index in [4.69, 9.17) is 11.5 Å². The number of nitriles is 1. The summed E-state index contributed by atoms with van der Waals surface area (Å²) in [6.45, 7) is 0.776. The van der Waals surface area contributed by atoms with Crippen molar-refractivity contribution in [2.75, 3.05) is 18.4 Å². The quantitative estimate of drug-likeness (QED) is 0.416. The first kappa shape index (κ1) is 17.0. The molecule has 8 heteroatoms. The number of nitrogens with zero attached hydrogens (tertiary/aromatic N) is 3. The number of nitrogens with two attached hydrogens (primary N) is 2. The molecule has 0 saturated carbocycles. The fraction of sp³-hybridized carbons (Fsp3) is 0.111. The van der Waals surface area contributed by atoms with Gasteiger partial charge in [0.25, 0.3) is 0 Å². The molecule has 0 aliphatic carbocycles. The normalized spacial score (nSPS) is 14.3. The van der Waals surface area contributed by atoms with Gasteiger partial charge in [0.05, 0.1) is 24.9 Å². The van der Waals surface area contributed by atoms with Crippen LogP contribution in [0.25, 0.3) is 0 Å². The Kier molecular flexibility index (Phi) is 4.80. The summed E-state index contributed by atoms with van der Waals surface area (Å²) in [5.41, 5.74) is 14.2. The van der Waals surface area contributed by atoms with Crippen molar-refractivity contribution in [1.29, 1.82) is 5.26 Å². The zero-order chi connectivity index (χ0) is 18.5. The Morgan fingerprint density at radius 2 is 1.96 bits per heavy atom. The second-order valence-corrected chi connectivity index (χ2v) is 5.72. The summed E-state index contributed by atoms with van der Waals surface area (Å²) in [5, 5.41) is 12.5. The van der Waals surface area contributed by atoms with Crippen LogP contribution in [0.4, 0.5) is 11.5 Å². The largest absolute Gasteiger partial charge is 0.366 e. The summed E-state index contributed by atoms with van der Waals surface area (Å²) in [5.74, 6) is 0.475. The SMILES string of the molecule is N#CN1CC(Nc2ccc(C(N)=O)cc2)=C(C(N)=Nc2cccc[nH+]2)C1. The lowest BCUT2D eigenvalue weighted by Crippen LogP contribution is -2.21. The Bertz CT molecular complexity index is 911. The maximum atomic E-state index is 11.2. The van der Waals surface area contributed by atoms with Crippen molar-refractivity contribution in [3.05, 3.63) is 65.5 Å². The zero-order valence-corrected chi connectivity index (χ0v) is 13.9. The summed E-state index contributed by atoms with van der Waals surface area (Å²) in [6, 6.07) is 12.3. The molecule has 6 N–H and O–H groups in total. The van der Waals surface area contributed by atoms with Gasteiger partial charge < -0.3 is 16.8 Å². The van der Waals surface area contributed by atoms with E-state index in [-0.39, 0.29) is 0 Å². The number of anilines is 1. The minimum absolute atomic E-state index is 0.335. The first-order valence-electron chi connectivity index (χ1n) is 7.91. The van der Waals surface area contributed by atoms with E-state index in [2.05, 4.69) is 21.5 Å². The molecule has 0 atom stereocenters. The molecule has 130 valence electrons. The van der Waals surface area contributed by atoms with Crippen LogP contribution in [0.3, 0.4) is 0 Å². The second-order valence-electron chi connectivity index (χ2n) is 5.72. The lowest BCUT2D eigenvalue weighted by Gasteiger charge is -2.10. The molecular weight excluding hydrogens is 330 g/mol. The highest BCUT2D eigenvalue weighted by Gasteiger charge is 2.26. The molecule has 1 aliphatic rings. The van der Waals surface area contributed by atoms with Gasteiger partial charge in [0, 0.05) is 23.0 Å². The Balaban J connectivity index is 1.87. The van der Waals surface area contributed by atoms with Crippen molar-refractivity contribution in [3.63, 3.8) is 0 Å². The van der Waals surface area contributed by atoms with Gasteiger partial charge in [0.2, 0.25) is 11.7 Å². The number of carbonyl (C=O) groups is 1. The molecule has 0 unspecified atom stereocenters.